The molecule has 1 aromatic rings. The molecule has 0 aromatic heterocycles. The molecule has 1 amide bonds. The van der Waals surface area contributed by atoms with Gasteiger partial charge in [0.1, 0.15) is 11.2 Å². The van der Waals surface area contributed by atoms with Crippen LogP contribution in [0, 0.1) is 5.41 Å². The molecule has 6 nitrogen and oxygen atoms in total. The molecule has 6 heteroatoms. The topological polar surface area (TPSA) is 76.1 Å². The van der Waals surface area contributed by atoms with Gasteiger partial charge in [0.2, 0.25) is 0 Å². The van der Waals surface area contributed by atoms with Crippen LogP contribution in [0.4, 0.5) is 0 Å². The Hall–Kier alpha value is -2.08. The smallest absolute Gasteiger partial charge is 0.313 e. The lowest BCUT2D eigenvalue weighted by molar-refractivity contribution is -0.159. The zero-order valence-electron chi connectivity index (χ0n) is 16.1. The fourth-order valence-electron chi connectivity index (χ4n) is 3.42. The van der Waals surface area contributed by atoms with Crippen molar-refractivity contribution in [3.05, 3.63) is 29.8 Å². The third kappa shape index (κ3) is 4.55. The number of ether oxygens (including phenoxy) is 2. The number of para-hydroxylation sites is 1. The molecule has 1 heterocycles. The molecule has 2 rings (SSSR count). The SMILES string of the molecule is COCC1(C(=O)O)CCCN(C(=O)COc2ccccc2C(C)(C)C)C1. The van der Waals surface area contributed by atoms with Gasteiger partial charge in [-0.2, -0.15) is 0 Å². The van der Waals surface area contributed by atoms with Gasteiger partial charge in [0, 0.05) is 20.2 Å². The van der Waals surface area contributed by atoms with E-state index in [1.807, 2.05) is 24.3 Å². The van der Waals surface area contributed by atoms with E-state index >= 15 is 0 Å². The molecule has 1 fully saturated rings. The molecule has 1 aromatic carbocycles. The van der Waals surface area contributed by atoms with Crippen LogP contribution in [0.3, 0.4) is 0 Å². The maximum Gasteiger partial charge on any atom is 0.313 e. The minimum absolute atomic E-state index is 0.0955. The Kier molecular flexibility index (Phi) is 6.29. The van der Waals surface area contributed by atoms with Gasteiger partial charge < -0.3 is 19.5 Å². The number of hydrogen-bond acceptors (Lipinski definition) is 4. The van der Waals surface area contributed by atoms with Crippen LogP contribution in [0.15, 0.2) is 24.3 Å². The Morgan fingerprint density at radius 1 is 1.27 bits per heavy atom. The predicted octanol–water partition coefficient (Wildman–Crippen LogP) is 2.70. The second-order valence-corrected chi connectivity index (χ2v) is 7.97. The van der Waals surface area contributed by atoms with Gasteiger partial charge in [-0.25, -0.2) is 0 Å². The number of rotatable bonds is 6. The number of carbonyl (C=O) groups excluding carboxylic acids is 1. The number of likely N-dealkylation sites (tertiary alicyclic amines) is 1. The standard InChI is InChI=1S/C20H29NO5/c1-19(2,3)15-8-5-6-9-16(15)26-12-17(22)21-11-7-10-20(13-21,14-25-4)18(23)24/h5-6,8-9H,7,10-14H2,1-4H3,(H,23,24). The van der Waals surface area contributed by atoms with Crippen molar-refractivity contribution in [1.82, 2.24) is 4.90 Å². The van der Waals surface area contributed by atoms with E-state index < -0.39 is 11.4 Å². The van der Waals surface area contributed by atoms with Crippen molar-refractivity contribution in [2.75, 3.05) is 33.4 Å². The lowest BCUT2D eigenvalue weighted by Crippen LogP contribution is -2.53. The van der Waals surface area contributed by atoms with E-state index in [1.54, 1.807) is 4.90 Å². The van der Waals surface area contributed by atoms with E-state index in [1.165, 1.54) is 7.11 Å². The highest BCUT2D eigenvalue weighted by Gasteiger charge is 2.43. The number of carboxylic acid groups (broad SMARTS) is 1. The minimum atomic E-state index is -1.04. The van der Waals surface area contributed by atoms with Crippen molar-refractivity contribution >= 4 is 11.9 Å². The number of aliphatic carboxylic acids is 1. The van der Waals surface area contributed by atoms with Gasteiger partial charge in [0.15, 0.2) is 6.61 Å². The van der Waals surface area contributed by atoms with Gasteiger partial charge in [-0.15, -0.1) is 0 Å². The fraction of sp³-hybridized carbons (Fsp3) is 0.600. The first-order valence-electron chi connectivity index (χ1n) is 8.92. The van der Waals surface area contributed by atoms with Crippen LogP contribution >= 0.6 is 0 Å². The first-order chi connectivity index (χ1) is 12.2. The van der Waals surface area contributed by atoms with Crippen LogP contribution in [-0.2, 0) is 19.7 Å². The van der Waals surface area contributed by atoms with Crippen LogP contribution in [-0.4, -0.2) is 55.3 Å². The summed E-state index contributed by atoms with van der Waals surface area (Å²) >= 11 is 0. The lowest BCUT2D eigenvalue weighted by Gasteiger charge is -2.39. The first-order valence-corrected chi connectivity index (χ1v) is 8.92. The molecule has 0 saturated carbocycles. The third-order valence-electron chi connectivity index (χ3n) is 4.85. The highest BCUT2D eigenvalue weighted by Crippen LogP contribution is 2.32. The molecule has 0 spiro atoms. The summed E-state index contributed by atoms with van der Waals surface area (Å²) < 4.78 is 10.9. The summed E-state index contributed by atoms with van der Waals surface area (Å²) in [4.78, 5) is 25.9. The molecule has 26 heavy (non-hydrogen) atoms. The lowest BCUT2D eigenvalue weighted by atomic mass is 9.80. The molecule has 0 radical (unpaired) electrons. The second-order valence-electron chi connectivity index (χ2n) is 7.97. The zero-order valence-corrected chi connectivity index (χ0v) is 16.1. The van der Waals surface area contributed by atoms with Crippen molar-refractivity contribution < 1.29 is 24.2 Å². The molecule has 0 bridgehead atoms. The highest BCUT2D eigenvalue weighted by molar-refractivity contribution is 5.80. The second kappa shape index (κ2) is 8.08. The van der Waals surface area contributed by atoms with Crippen LogP contribution in [0.2, 0.25) is 0 Å². The summed E-state index contributed by atoms with van der Waals surface area (Å²) in [6.07, 6.45) is 1.15. The van der Waals surface area contributed by atoms with Gasteiger partial charge in [0.25, 0.3) is 5.91 Å². The van der Waals surface area contributed by atoms with Gasteiger partial charge >= 0.3 is 5.97 Å². The first kappa shape index (κ1) is 20.2. The van der Waals surface area contributed by atoms with E-state index in [0.29, 0.717) is 25.1 Å². The molecule has 1 aliphatic heterocycles. The van der Waals surface area contributed by atoms with E-state index in [9.17, 15) is 14.7 Å². The monoisotopic (exact) mass is 363 g/mol. The number of amides is 1. The Labute approximate surface area is 155 Å². The highest BCUT2D eigenvalue weighted by atomic mass is 16.5. The summed E-state index contributed by atoms with van der Waals surface area (Å²) in [5.41, 5.74) is -0.0982. The number of carbonyl (C=O) groups is 2. The number of piperidine rings is 1. The van der Waals surface area contributed by atoms with Crippen molar-refractivity contribution in [3.8, 4) is 5.75 Å². The Morgan fingerprint density at radius 3 is 2.58 bits per heavy atom. The molecule has 1 unspecified atom stereocenters. The van der Waals surface area contributed by atoms with Crippen molar-refractivity contribution in [1.29, 1.82) is 0 Å². The Bertz CT molecular complexity index is 648. The molecule has 0 aliphatic carbocycles. The predicted molar refractivity (Wildman–Crippen MR) is 98.4 cm³/mol. The number of carboxylic acids is 1. The zero-order chi connectivity index (χ0) is 19.4. The number of benzene rings is 1. The molecule has 1 saturated heterocycles. The normalized spacial score (nSPS) is 20.7. The van der Waals surface area contributed by atoms with E-state index in [0.717, 1.165) is 5.56 Å². The molecule has 144 valence electrons. The Morgan fingerprint density at radius 2 is 1.96 bits per heavy atom. The average Bonchev–Trinajstić information content (AvgIpc) is 2.59. The third-order valence-corrected chi connectivity index (χ3v) is 4.85. The van der Waals surface area contributed by atoms with E-state index in [-0.39, 0.29) is 31.1 Å². The van der Waals surface area contributed by atoms with Gasteiger partial charge in [-0.05, 0) is 29.9 Å². The van der Waals surface area contributed by atoms with Gasteiger partial charge in [0.05, 0.1) is 6.61 Å². The fourth-order valence-corrected chi connectivity index (χ4v) is 3.42. The minimum Gasteiger partial charge on any atom is -0.483 e. The van der Waals surface area contributed by atoms with Crippen molar-refractivity contribution in [2.45, 2.75) is 39.0 Å². The van der Waals surface area contributed by atoms with Crippen LogP contribution in [0.5, 0.6) is 5.75 Å². The number of methoxy groups -OCH3 is 1. The van der Waals surface area contributed by atoms with Gasteiger partial charge in [-0.3, -0.25) is 9.59 Å². The summed E-state index contributed by atoms with van der Waals surface area (Å²) in [7, 11) is 1.48. The summed E-state index contributed by atoms with van der Waals surface area (Å²) in [5.74, 6) is -0.433. The maximum atomic E-state index is 12.6. The maximum absolute atomic E-state index is 12.6. The molecule has 1 N–H and O–H groups in total. The molecular formula is C20H29NO5. The molecule has 1 atom stereocenters. The van der Waals surface area contributed by atoms with Crippen LogP contribution < -0.4 is 4.74 Å². The number of nitrogens with zero attached hydrogens (tertiary/aromatic N) is 1. The summed E-state index contributed by atoms with van der Waals surface area (Å²) in [6, 6.07) is 7.68. The van der Waals surface area contributed by atoms with Crippen LogP contribution in [0.25, 0.3) is 0 Å². The van der Waals surface area contributed by atoms with E-state index in [4.69, 9.17) is 9.47 Å². The van der Waals surface area contributed by atoms with Crippen LogP contribution in [0.1, 0.15) is 39.2 Å². The summed E-state index contributed by atoms with van der Waals surface area (Å²) in [6.45, 7) is 6.96. The number of hydrogen-bond donors (Lipinski definition) is 1. The summed E-state index contributed by atoms with van der Waals surface area (Å²) in [5, 5.41) is 9.60. The van der Waals surface area contributed by atoms with Gasteiger partial charge in [-0.1, -0.05) is 39.0 Å². The molecular weight excluding hydrogens is 334 g/mol. The Balaban J connectivity index is 2.06. The van der Waals surface area contributed by atoms with Crippen molar-refractivity contribution in [2.24, 2.45) is 5.41 Å². The quantitative estimate of drug-likeness (QED) is 0.841. The molecule has 1 aliphatic rings. The largest absolute Gasteiger partial charge is 0.483 e. The van der Waals surface area contributed by atoms with Crippen molar-refractivity contribution in [3.63, 3.8) is 0 Å². The van der Waals surface area contributed by atoms with E-state index in [2.05, 4.69) is 20.8 Å². The average molecular weight is 363 g/mol.